The Kier molecular flexibility index (Phi) is 7.43. The zero-order valence-electron chi connectivity index (χ0n) is 20.4. The van der Waals surface area contributed by atoms with Crippen LogP contribution in [0.2, 0.25) is 0 Å². The third-order valence-corrected chi connectivity index (χ3v) is 7.43. The van der Waals surface area contributed by atoms with Crippen LogP contribution >= 0.6 is 0 Å². The Hall–Kier alpha value is -3.35. The normalized spacial score (nSPS) is 17.2. The topological polar surface area (TPSA) is 105 Å². The molecule has 2 amide bonds. The summed E-state index contributed by atoms with van der Waals surface area (Å²) in [6.45, 7) is 3.86. The van der Waals surface area contributed by atoms with Crippen molar-refractivity contribution in [2.45, 2.75) is 57.9 Å². The van der Waals surface area contributed by atoms with Crippen molar-refractivity contribution in [3.63, 3.8) is 0 Å². The summed E-state index contributed by atoms with van der Waals surface area (Å²) < 4.78 is 5.64. The van der Waals surface area contributed by atoms with Crippen LogP contribution in [-0.4, -0.2) is 42.3 Å². The Bertz CT molecular complexity index is 1040. The minimum absolute atomic E-state index is 0.0394. The van der Waals surface area contributed by atoms with Gasteiger partial charge < -0.3 is 20.5 Å². The van der Waals surface area contributed by atoms with Gasteiger partial charge in [-0.1, -0.05) is 81.6 Å². The van der Waals surface area contributed by atoms with Gasteiger partial charge in [0, 0.05) is 12.5 Å². The molecule has 3 N–H and O–H groups in total. The third-order valence-electron chi connectivity index (χ3n) is 7.43. The molecule has 0 bridgehead atoms. The van der Waals surface area contributed by atoms with E-state index >= 15 is 0 Å². The lowest BCUT2D eigenvalue weighted by atomic mass is 9.73. The first-order valence-corrected chi connectivity index (χ1v) is 12.4. The predicted molar refractivity (Wildman–Crippen MR) is 133 cm³/mol. The summed E-state index contributed by atoms with van der Waals surface area (Å²) in [6.07, 6.45) is 3.38. The van der Waals surface area contributed by atoms with E-state index in [1.54, 1.807) is 13.8 Å². The number of carboxylic acid groups (broad SMARTS) is 1. The molecule has 0 aliphatic heterocycles. The van der Waals surface area contributed by atoms with Gasteiger partial charge in [0.25, 0.3) is 0 Å². The highest BCUT2D eigenvalue weighted by molar-refractivity contribution is 5.88. The molecule has 0 heterocycles. The van der Waals surface area contributed by atoms with Crippen LogP contribution in [-0.2, 0) is 14.3 Å². The average molecular weight is 479 g/mol. The zero-order valence-corrected chi connectivity index (χ0v) is 20.4. The lowest BCUT2D eigenvalue weighted by Gasteiger charge is -2.37. The summed E-state index contributed by atoms with van der Waals surface area (Å²) in [7, 11) is 0. The second-order valence-corrected chi connectivity index (χ2v) is 10.1. The van der Waals surface area contributed by atoms with E-state index < -0.39 is 23.5 Å². The van der Waals surface area contributed by atoms with Crippen molar-refractivity contribution in [1.29, 1.82) is 0 Å². The Labute approximate surface area is 206 Å². The van der Waals surface area contributed by atoms with E-state index in [1.165, 1.54) is 0 Å². The molecule has 7 heteroatoms. The molecular formula is C28H34N2O5. The molecule has 4 rings (SSSR count). The highest BCUT2D eigenvalue weighted by atomic mass is 16.5. The Balaban J connectivity index is 1.40. The third kappa shape index (κ3) is 5.19. The number of hydrogen-bond acceptors (Lipinski definition) is 4. The minimum atomic E-state index is -1.05. The second kappa shape index (κ2) is 10.5. The van der Waals surface area contributed by atoms with Crippen molar-refractivity contribution in [1.82, 2.24) is 10.6 Å². The summed E-state index contributed by atoms with van der Waals surface area (Å²) in [5.41, 5.74) is 3.77. The molecule has 1 saturated carbocycles. The largest absolute Gasteiger partial charge is 0.480 e. The predicted octanol–water partition coefficient (Wildman–Crippen LogP) is 4.70. The van der Waals surface area contributed by atoms with E-state index in [0.29, 0.717) is 12.8 Å². The molecule has 0 spiro atoms. The number of benzene rings is 2. The van der Waals surface area contributed by atoms with Gasteiger partial charge in [0.15, 0.2) is 0 Å². The maximum absolute atomic E-state index is 13.2. The number of amides is 2. The van der Waals surface area contributed by atoms with Gasteiger partial charge in [0.1, 0.15) is 12.6 Å². The molecule has 2 aromatic carbocycles. The highest BCUT2D eigenvalue weighted by Gasteiger charge is 2.42. The highest BCUT2D eigenvalue weighted by Crippen LogP contribution is 2.44. The lowest BCUT2D eigenvalue weighted by molar-refractivity contribution is -0.145. The van der Waals surface area contributed by atoms with Gasteiger partial charge in [-0.3, -0.25) is 4.79 Å². The fourth-order valence-corrected chi connectivity index (χ4v) is 5.41. The molecule has 0 radical (unpaired) electrons. The number of nitrogens with one attached hydrogen (secondary N) is 2. The van der Waals surface area contributed by atoms with Crippen molar-refractivity contribution in [3.8, 4) is 11.1 Å². The number of ether oxygens (including phenoxy) is 1. The smallest absolute Gasteiger partial charge is 0.407 e. The van der Waals surface area contributed by atoms with Gasteiger partial charge in [0.2, 0.25) is 5.91 Å². The number of alkyl carbamates (subject to hydrolysis) is 1. The number of carbonyl (C=O) groups excluding carboxylic acids is 2. The molecule has 1 atom stereocenters. The van der Waals surface area contributed by atoms with E-state index in [2.05, 4.69) is 34.9 Å². The lowest BCUT2D eigenvalue weighted by Crippen LogP contribution is -2.54. The Morgan fingerprint density at radius 2 is 1.54 bits per heavy atom. The molecular weight excluding hydrogens is 444 g/mol. The molecule has 0 saturated heterocycles. The van der Waals surface area contributed by atoms with Gasteiger partial charge in [0.05, 0.1) is 5.41 Å². The molecule has 7 nitrogen and oxygen atoms in total. The summed E-state index contributed by atoms with van der Waals surface area (Å²) in [5.74, 6) is -1.64. The van der Waals surface area contributed by atoms with Crippen molar-refractivity contribution in [3.05, 3.63) is 59.7 Å². The maximum atomic E-state index is 13.2. The van der Waals surface area contributed by atoms with Crippen LogP contribution in [0, 0.1) is 11.3 Å². The summed E-state index contributed by atoms with van der Waals surface area (Å²) >= 11 is 0. The van der Waals surface area contributed by atoms with Crippen molar-refractivity contribution < 1.29 is 24.2 Å². The van der Waals surface area contributed by atoms with Gasteiger partial charge in [-0.2, -0.15) is 0 Å². The van der Waals surface area contributed by atoms with E-state index in [-0.39, 0.29) is 30.9 Å². The van der Waals surface area contributed by atoms with Gasteiger partial charge in [-0.05, 0) is 41.0 Å². The minimum Gasteiger partial charge on any atom is -0.480 e. The van der Waals surface area contributed by atoms with Crippen LogP contribution in [0.5, 0.6) is 0 Å². The van der Waals surface area contributed by atoms with E-state index in [0.717, 1.165) is 41.5 Å². The molecule has 0 unspecified atom stereocenters. The van der Waals surface area contributed by atoms with E-state index in [4.69, 9.17) is 4.74 Å². The molecule has 2 aromatic rings. The number of aliphatic carboxylic acids is 1. The fraction of sp³-hybridized carbons (Fsp3) is 0.464. The van der Waals surface area contributed by atoms with Crippen molar-refractivity contribution >= 4 is 18.0 Å². The number of hydrogen-bond donors (Lipinski definition) is 3. The monoisotopic (exact) mass is 478 g/mol. The number of carbonyl (C=O) groups is 3. The van der Waals surface area contributed by atoms with Crippen molar-refractivity contribution in [2.75, 3.05) is 13.2 Å². The molecule has 186 valence electrons. The number of carboxylic acids is 1. The molecule has 0 aromatic heterocycles. The summed E-state index contributed by atoms with van der Waals surface area (Å²) in [4.78, 5) is 37.5. The standard InChI is InChI=1S/C28H34N2O5/c1-18(2)24(25(31)32)30-26(33)28(14-8-3-9-15-28)17-29-27(34)35-16-23-21-12-6-4-10-19(21)20-11-5-7-13-22(20)23/h4-7,10-13,18,23-24H,3,8-9,14-17H2,1-2H3,(H,29,34)(H,30,33)(H,31,32)/t24-/m0/s1. The van der Waals surface area contributed by atoms with E-state index in [1.807, 2.05) is 24.3 Å². The maximum Gasteiger partial charge on any atom is 0.407 e. The van der Waals surface area contributed by atoms with Gasteiger partial charge in [-0.25, -0.2) is 9.59 Å². The Morgan fingerprint density at radius 1 is 0.971 bits per heavy atom. The Morgan fingerprint density at radius 3 is 2.09 bits per heavy atom. The number of rotatable bonds is 8. The SMILES string of the molecule is CC(C)[C@H](NC(=O)C1(CNC(=O)OCC2c3ccccc3-c3ccccc32)CCCCC1)C(=O)O. The zero-order chi connectivity index (χ0) is 25.0. The average Bonchev–Trinajstić information content (AvgIpc) is 3.18. The summed E-state index contributed by atoms with van der Waals surface area (Å²) in [5, 5.41) is 15.0. The quantitative estimate of drug-likeness (QED) is 0.510. The number of fused-ring (bicyclic) bond motifs is 3. The fourth-order valence-electron chi connectivity index (χ4n) is 5.41. The molecule has 35 heavy (non-hydrogen) atoms. The van der Waals surface area contributed by atoms with Crippen LogP contribution in [0.4, 0.5) is 4.79 Å². The second-order valence-electron chi connectivity index (χ2n) is 10.1. The van der Waals surface area contributed by atoms with Gasteiger partial charge >= 0.3 is 12.1 Å². The van der Waals surface area contributed by atoms with Crippen LogP contribution in [0.3, 0.4) is 0 Å². The summed E-state index contributed by atoms with van der Waals surface area (Å²) in [6, 6.07) is 15.3. The van der Waals surface area contributed by atoms with Crippen molar-refractivity contribution in [2.24, 2.45) is 11.3 Å². The first-order chi connectivity index (χ1) is 16.8. The van der Waals surface area contributed by atoms with Crippen LogP contribution < -0.4 is 10.6 Å². The molecule has 2 aliphatic carbocycles. The van der Waals surface area contributed by atoms with E-state index in [9.17, 15) is 19.5 Å². The first-order valence-electron chi connectivity index (χ1n) is 12.4. The van der Waals surface area contributed by atoms with Gasteiger partial charge in [-0.15, -0.1) is 0 Å². The molecule has 2 aliphatic rings. The van der Waals surface area contributed by atoms with Crippen LogP contribution in [0.15, 0.2) is 48.5 Å². The van der Waals surface area contributed by atoms with Crippen LogP contribution in [0.1, 0.15) is 63.0 Å². The van der Waals surface area contributed by atoms with Crippen LogP contribution in [0.25, 0.3) is 11.1 Å². The first kappa shape index (κ1) is 24.8. The molecule has 1 fully saturated rings.